The maximum absolute atomic E-state index is 11.6. The molecule has 32 heavy (non-hydrogen) atoms. The van der Waals surface area contributed by atoms with Crippen LogP contribution >= 0.6 is 0 Å². The summed E-state index contributed by atoms with van der Waals surface area (Å²) < 4.78 is 15.6. The summed E-state index contributed by atoms with van der Waals surface area (Å²) >= 11 is 0. The molecule has 0 saturated heterocycles. The van der Waals surface area contributed by atoms with E-state index in [-0.39, 0.29) is 5.97 Å². The molecular weight excluding hydrogens is 400 g/mol. The number of benzene rings is 3. The van der Waals surface area contributed by atoms with Crippen molar-refractivity contribution in [3.05, 3.63) is 100 Å². The van der Waals surface area contributed by atoms with Crippen LogP contribution in [0.25, 0.3) is 5.57 Å². The zero-order valence-electron chi connectivity index (χ0n) is 18.4. The molecule has 4 rings (SSSR count). The number of carbonyl (C=O) groups is 1. The molecule has 0 aliphatic heterocycles. The molecule has 0 atom stereocenters. The van der Waals surface area contributed by atoms with Crippen LogP contribution in [0.5, 0.6) is 11.5 Å². The van der Waals surface area contributed by atoms with Gasteiger partial charge in [-0.3, -0.25) is 0 Å². The van der Waals surface area contributed by atoms with Crippen LogP contribution in [0.15, 0.2) is 66.7 Å². The second-order valence-electron chi connectivity index (χ2n) is 7.49. The van der Waals surface area contributed by atoms with Crippen molar-refractivity contribution in [2.45, 2.75) is 12.8 Å². The maximum Gasteiger partial charge on any atom is 0.337 e. The van der Waals surface area contributed by atoms with E-state index >= 15 is 0 Å². The molecule has 1 aliphatic carbocycles. The molecule has 0 aromatic heterocycles. The zero-order valence-corrected chi connectivity index (χ0v) is 18.4. The summed E-state index contributed by atoms with van der Waals surface area (Å²) in [7, 11) is 4.70. The second kappa shape index (κ2) is 9.45. The predicted octanol–water partition coefficient (Wildman–Crippen LogP) is 5.07. The van der Waals surface area contributed by atoms with Crippen molar-refractivity contribution in [2.24, 2.45) is 0 Å². The van der Waals surface area contributed by atoms with Gasteiger partial charge in [0.25, 0.3) is 0 Å². The predicted molar refractivity (Wildman–Crippen MR) is 125 cm³/mol. The Morgan fingerprint density at radius 2 is 1.62 bits per heavy atom. The minimum absolute atomic E-state index is 0.352. The summed E-state index contributed by atoms with van der Waals surface area (Å²) in [5.74, 6) is 7.76. The van der Waals surface area contributed by atoms with E-state index in [2.05, 4.69) is 36.1 Å². The van der Waals surface area contributed by atoms with Gasteiger partial charge in [0.05, 0.1) is 26.9 Å². The third-order valence-corrected chi connectivity index (χ3v) is 5.49. The largest absolute Gasteiger partial charge is 0.497 e. The summed E-state index contributed by atoms with van der Waals surface area (Å²) in [4.78, 5) is 11.6. The Hall–Kier alpha value is -3.97. The lowest BCUT2D eigenvalue weighted by atomic mass is 9.94. The fourth-order valence-corrected chi connectivity index (χ4v) is 3.88. The zero-order chi connectivity index (χ0) is 22.5. The van der Waals surface area contributed by atoms with Crippen molar-refractivity contribution in [3.63, 3.8) is 0 Å². The molecule has 0 N–H and O–H groups in total. The number of esters is 1. The molecule has 4 heteroatoms. The fraction of sp³-hybridized carbons (Fsp3) is 0.179. The monoisotopic (exact) mass is 424 g/mol. The lowest BCUT2D eigenvalue weighted by Gasteiger charge is -2.11. The quantitative estimate of drug-likeness (QED) is 0.424. The van der Waals surface area contributed by atoms with Gasteiger partial charge in [0.1, 0.15) is 11.5 Å². The van der Waals surface area contributed by atoms with Crippen LogP contribution in [0.1, 0.15) is 38.2 Å². The Kier molecular flexibility index (Phi) is 6.28. The molecule has 4 nitrogen and oxygen atoms in total. The molecule has 3 aromatic rings. The number of carbonyl (C=O) groups excluding carboxylic acids is 1. The highest BCUT2D eigenvalue weighted by molar-refractivity contribution is 5.89. The van der Waals surface area contributed by atoms with Gasteiger partial charge >= 0.3 is 5.97 Å². The first-order valence-corrected chi connectivity index (χ1v) is 10.3. The topological polar surface area (TPSA) is 44.8 Å². The van der Waals surface area contributed by atoms with Crippen LogP contribution in [0.3, 0.4) is 0 Å². The number of rotatable bonds is 5. The first-order chi connectivity index (χ1) is 15.6. The normalized spacial score (nSPS) is 11.7. The average molecular weight is 424 g/mol. The first-order valence-electron chi connectivity index (χ1n) is 10.3. The highest BCUT2D eigenvalue weighted by Crippen LogP contribution is 2.34. The Balaban J connectivity index is 1.62. The van der Waals surface area contributed by atoms with E-state index in [1.54, 1.807) is 26.4 Å². The van der Waals surface area contributed by atoms with Gasteiger partial charge < -0.3 is 14.2 Å². The molecule has 1 aliphatic rings. The summed E-state index contributed by atoms with van der Waals surface area (Å²) in [6.45, 7) is 0. The van der Waals surface area contributed by atoms with Crippen molar-refractivity contribution in [2.75, 3.05) is 21.3 Å². The third kappa shape index (κ3) is 4.53. The van der Waals surface area contributed by atoms with Gasteiger partial charge in [-0.05, 0) is 77.6 Å². The highest BCUT2D eigenvalue weighted by Gasteiger charge is 2.18. The maximum atomic E-state index is 11.6. The van der Waals surface area contributed by atoms with Crippen LogP contribution in [0, 0.1) is 11.8 Å². The third-order valence-electron chi connectivity index (χ3n) is 5.49. The van der Waals surface area contributed by atoms with Crippen molar-refractivity contribution in [1.82, 2.24) is 0 Å². The van der Waals surface area contributed by atoms with Gasteiger partial charge in [-0.1, -0.05) is 30.0 Å². The molecule has 0 radical (unpaired) electrons. The molecule has 3 aromatic carbocycles. The van der Waals surface area contributed by atoms with Gasteiger partial charge in [0.2, 0.25) is 0 Å². The number of fused-ring (bicyclic) bond motifs is 1. The van der Waals surface area contributed by atoms with Crippen LogP contribution in [0.2, 0.25) is 0 Å². The number of hydrogen-bond donors (Lipinski definition) is 0. The molecule has 0 amide bonds. The smallest absolute Gasteiger partial charge is 0.337 e. The van der Waals surface area contributed by atoms with Gasteiger partial charge in [-0.25, -0.2) is 4.79 Å². The molecular formula is C28H24O4. The number of allylic oxidation sites excluding steroid dienone is 2. The molecule has 0 bridgehead atoms. The minimum Gasteiger partial charge on any atom is -0.497 e. The Bertz CT molecular complexity index is 1220. The van der Waals surface area contributed by atoms with Crippen LogP contribution in [0.4, 0.5) is 0 Å². The molecule has 0 unspecified atom stereocenters. The highest BCUT2D eigenvalue weighted by atomic mass is 16.5. The molecule has 0 heterocycles. The minimum atomic E-state index is -0.352. The van der Waals surface area contributed by atoms with Crippen molar-refractivity contribution in [3.8, 4) is 23.3 Å². The van der Waals surface area contributed by atoms with Crippen LogP contribution < -0.4 is 9.47 Å². The molecule has 0 spiro atoms. The Morgan fingerprint density at radius 3 is 2.28 bits per heavy atom. The van der Waals surface area contributed by atoms with E-state index in [1.807, 2.05) is 30.3 Å². The standard InChI is InChI=1S/C28H24O4/c1-30-25-16-20(17-26(18-25)31-2)15-24-14-13-22-6-4-5-21(27(22)24)10-7-19-8-11-23(12-9-19)28(29)32-3/h4-6,8-9,11-12,14,16-18H,13,15H2,1-3H3. The van der Waals surface area contributed by atoms with E-state index in [0.29, 0.717) is 5.56 Å². The molecule has 0 fully saturated rings. The Labute approximate surface area is 188 Å². The van der Waals surface area contributed by atoms with Crippen LogP contribution in [-0.2, 0) is 17.6 Å². The Morgan fingerprint density at radius 1 is 0.906 bits per heavy atom. The summed E-state index contributed by atoms with van der Waals surface area (Å²) in [5, 5.41) is 0. The second-order valence-corrected chi connectivity index (χ2v) is 7.49. The lowest BCUT2D eigenvalue weighted by Crippen LogP contribution is -2.00. The fourth-order valence-electron chi connectivity index (χ4n) is 3.88. The van der Waals surface area contributed by atoms with Gasteiger partial charge in [0, 0.05) is 17.2 Å². The molecule has 0 saturated carbocycles. The van der Waals surface area contributed by atoms with E-state index < -0.39 is 0 Å². The summed E-state index contributed by atoms with van der Waals surface area (Å²) in [6.07, 6.45) is 3.94. The van der Waals surface area contributed by atoms with E-state index in [4.69, 9.17) is 14.2 Å². The number of methoxy groups -OCH3 is 3. The average Bonchev–Trinajstić information content (AvgIpc) is 3.25. The number of hydrogen-bond acceptors (Lipinski definition) is 4. The van der Waals surface area contributed by atoms with Gasteiger partial charge in [-0.2, -0.15) is 0 Å². The first kappa shape index (κ1) is 21.3. The van der Waals surface area contributed by atoms with E-state index in [9.17, 15) is 4.79 Å². The van der Waals surface area contributed by atoms with Crippen molar-refractivity contribution >= 4 is 11.5 Å². The van der Waals surface area contributed by atoms with Crippen LogP contribution in [-0.4, -0.2) is 27.3 Å². The van der Waals surface area contributed by atoms with Crippen molar-refractivity contribution < 1.29 is 19.0 Å². The van der Waals surface area contributed by atoms with Crippen molar-refractivity contribution in [1.29, 1.82) is 0 Å². The SMILES string of the molecule is COC(=O)c1ccc(C#Cc2cccc3c2C(Cc2cc(OC)cc(OC)c2)=CC3)cc1. The van der Waals surface area contributed by atoms with E-state index in [0.717, 1.165) is 41.0 Å². The van der Waals surface area contributed by atoms with Gasteiger partial charge in [0.15, 0.2) is 0 Å². The number of ether oxygens (including phenoxy) is 3. The van der Waals surface area contributed by atoms with E-state index in [1.165, 1.54) is 23.8 Å². The lowest BCUT2D eigenvalue weighted by molar-refractivity contribution is 0.0600. The summed E-state index contributed by atoms with van der Waals surface area (Å²) in [6, 6.07) is 19.3. The summed E-state index contributed by atoms with van der Waals surface area (Å²) in [5.41, 5.74) is 7.21. The molecule has 160 valence electrons. The van der Waals surface area contributed by atoms with Gasteiger partial charge in [-0.15, -0.1) is 0 Å².